The molecule has 222 valence electrons. The summed E-state index contributed by atoms with van der Waals surface area (Å²) in [5.74, 6) is -3.41. The molecule has 1 saturated heterocycles. The number of ether oxygens (including phenoxy) is 1. The minimum Gasteiger partial charge on any atom is -0.481 e. The molecule has 0 amide bonds. The van der Waals surface area contributed by atoms with Gasteiger partial charge in [-0.05, 0) is 67.7 Å². The number of Topliss-reactive ketones (excluding diaryl/α,β-unsaturated/α-hetero) is 1. The Bertz CT molecular complexity index is 1910. The van der Waals surface area contributed by atoms with Crippen LogP contribution in [0.15, 0.2) is 24.0 Å². The summed E-state index contributed by atoms with van der Waals surface area (Å²) in [5.41, 5.74) is 9.92. The number of carboxylic acids is 1. The molecular weight excluding hydrogens is 544 g/mol. The smallest absolute Gasteiger partial charge is 0.321 e. The van der Waals surface area contributed by atoms with Crippen molar-refractivity contribution in [3.63, 3.8) is 0 Å². The Hall–Kier alpha value is -4.79. The predicted octanol–water partition coefficient (Wildman–Crippen LogP) is 3.92. The van der Waals surface area contributed by atoms with E-state index in [2.05, 4.69) is 46.8 Å². The number of carbonyl (C=O) groups excluding carboxylic acids is 2. The van der Waals surface area contributed by atoms with Gasteiger partial charge in [-0.2, -0.15) is 0 Å². The van der Waals surface area contributed by atoms with E-state index in [1.54, 1.807) is 6.07 Å². The molecule has 8 bridgehead atoms. The van der Waals surface area contributed by atoms with Crippen molar-refractivity contribution < 1.29 is 24.2 Å². The quantitative estimate of drug-likeness (QED) is 0.221. The Morgan fingerprint density at radius 2 is 1.84 bits per heavy atom. The maximum atomic E-state index is 13.8. The minimum atomic E-state index is -1.15. The van der Waals surface area contributed by atoms with Gasteiger partial charge in [0.05, 0.1) is 12.8 Å². The number of ketones is 1. The molecule has 3 atom stereocenters. The van der Waals surface area contributed by atoms with E-state index >= 15 is 0 Å². The maximum absolute atomic E-state index is 13.8. The maximum Gasteiger partial charge on any atom is 0.321 e. The van der Waals surface area contributed by atoms with E-state index in [-0.39, 0.29) is 24.0 Å². The highest BCUT2D eigenvalue weighted by Crippen LogP contribution is 2.47. The lowest BCUT2D eigenvalue weighted by Crippen LogP contribution is -2.25. The highest BCUT2D eigenvalue weighted by Gasteiger charge is 2.47. The van der Waals surface area contributed by atoms with Gasteiger partial charge in [-0.1, -0.05) is 26.5 Å². The molecule has 5 heterocycles. The molecule has 43 heavy (non-hydrogen) atoms. The molecule has 5 N–H and O–H groups in total. The Kier molecular flexibility index (Phi) is 6.91. The van der Waals surface area contributed by atoms with Crippen LogP contribution in [-0.2, 0) is 20.7 Å². The summed E-state index contributed by atoms with van der Waals surface area (Å²) in [6.07, 6.45) is 9.08. The van der Waals surface area contributed by atoms with Crippen LogP contribution in [0.3, 0.4) is 0 Å². The first-order chi connectivity index (χ1) is 20.6. The lowest BCUT2D eigenvalue weighted by atomic mass is 9.85. The Morgan fingerprint density at radius 3 is 2.51 bits per heavy atom. The van der Waals surface area contributed by atoms with Crippen molar-refractivity contribution in [2.75, 3.05) is 7.11 Å². The number of aliphatic carboxylic acids is 1. The summed E-state index contributed by atoms with van der Waals surface area (Å²) < 4.78 is 5.11. The molecule has 0 radical (unpaired) electrons. The molecule has 6 rings (SSSR count). The number of fused-ring (bicyclic) bond motifs is 7. The fraction of sp³-hybridized carbons (Fsp3) is 0.324. The highest BCUT2D eigenvalue weighted by atomic mass is 16.5. The van der Waals surface area contributed by atoms with Gasteiger partial charge in [-0.3, -0.25) is 14.4 Å². The van der Waals surface area contributed by atoms with E-state index in [1.165, 1.54) is 7.11 Å². The molecule has 0 unspecified atom stereocenters. The van der Waals surface area contributed by atoms with Crippen LogP contribution in [0.1, 0.15) is 82.1 Å². The third kappa shape index (κ3) is 4.42. The Morgan fingerprint density at radius 1 is 1.07 bits per heavy atom. The van der Waals surface area contributed by atoms with Gasteiger partial charge >= 0.3 is 11.9 Å². The van der Waals surface area contributed by atoms with Crippen LogP contribution in [0.5, 0.6) is 0 Å². The van der Waals surface area contributed by atoms with Gasteiger partial charge in [-0.25, -0.2) is 0 Å². The van der Waals surface area contributed by atoms with Crippen LogP contribution in [0, 0.1) is 31.6 Å². The first-order valence-corrected chi connectivity index (χ1v) is 14.6. The van der Waals surface area contributed by atoms with E-state index in [1.807, 2.05) is 32.1 Å². The standard InChI is InChI=1S/C34H36N4O5/c1-7-19-15(3)24-14-27-20(8-2)16(4)23(37-27)13-25-17(5)21(9-10-28(39)40)31(38-25)29-30(34(42)43-6)33(41)22-11-18(35-32(22)29)12-26(19)36-24/h8,11-14,17,21,30,35-38H,2,7,9-10H2,1,3-6H3,(H,39,40)/b24-14-,25-13-,26-12-,31-29-/t17-,21-,30+/m0/s1. The van der Waals surface area contributed by atoms with Gasteiger partial charge in [0.15, 0.2) is 5.78 Å². The number of hydrogen-bond donors (Lipinski definition) is 5. The SMILES string of the molecule is C=Cc1c2[nH]c(c1C)/C=C1\N/C(=C3\c4[nH]c(cc4C(=O)[C@@H]3C(=O)OC)/C=c3\[nH]/c(c(C)c3CC)=C\2)[C@@H](CCC(=O)O)[C@@H]1C. The number of methoxy groups -OCH3 is 1. The summed E-state index contributed by atoms with van der Waals surface area (Å²) in [6, 6.07) is 1.79. The van der Waals surface area contributed by atoms with Crippen molar-refractivity contribution in [1.29, 1.82) is 0 Å². The van der Waals surface area contributed by atoms with Crippen LogP contribution in [0.25, 0.3) is 29.9 Å². The van der Waals surface area contributed by atoms with Crippen LogP contribution in [-0.4, -0.2) is 44.9 Å². The summed E-state index contributed by atoms with van der Waals surface area (Å²) in [6.45, 7) is 12.4. The molecule has 1 fully saturated rings. The second-order valence-corrected chi connectivity index (χ2v) is 11.6. The van der Waals surface area contributed by atoms with E-state index in [0.29, 0.717) is 28.9 Å². The average molecular weight is 581 g/mol. The van der Waals surface area contributed by atoms with Crippen molar-refractivity contribution in [3.8, 4) is 0 Å². The lowest BCUT2D eigenvalue weighted by Gasteiger charge is -2.19. The molecule has 2 aliphatic heterocycles. The molecule has 0 aromatic carbocycles. The number of rotatable bonds is 6. The second-order valence-electron chi connectivity index (χ2n) is 11.6. The zero-order chi connectivity index (χ0) is 30.7. The number of hydrogen-bond acceptors (Lipinski definition) is 5. The first kappa shape index (κ1) is 28.3. The second kappa shape index (κ2) is 10.5. The summed E-state index contributed by atoms with van der Waals surface area (Å²) in [7, 11) is 1.28. The zero-order valence-electron chi connectivity index (χ0n) is 25.0. The number of aromatic amines is 3. The molecule has 1 aliphatic carbocycles. The van der Waals surface area contributed by atoms with E-state index < -0.39 is 17.9 Å². The third-order valence-corrected chi connectivity index (χ3v) is 9.33. The van der Waals surface area contributed by atoms with Gasteiger partial charge in [-0.15, -0.1) is 0 Å². The van der Waals surface area contributed by atoms with E-state index in [9.17, 15) is 19.5 Å². The van der Waals surface area contributed by atoms with Crippen LogP contribution in [0.4, 0.5) is 0 Å². The van der Waals surface area contributed by atoms with Crippen LogP contribution < -0.4 is 16.0 Å². The van der Waals surface area contributed by atoms with Crippen LogP contribution in [0.2, 0.25) is 0 Å². The molecular formula is C34H36N4O5. The Labute approximate surface area is 249 Å². The number of carboxylic acid groups (broad SMARTS) is 1. The highest BCUT2D eigenvalue weighted by molar-refractivity contribution is 6.23. The third-order valence-electron chi connectivity index (χ3n) is 9.33. The first-order valence-electron chi connectivity index (χ1n) is 14.6. The van der Waals surface area contributed by atoms with Crippen LogP contribution >= 0.6 is 0 Å². The number of allylic oxidation sites excluding steroid dienone is 2. The number of carbonyl (C=O) groups is 3. The van der Waals surface area contributed by atoms with Gasteiger partial charge in [0.25, 0.3) is 0 Å². The monoisotopic (exact) mass is 580 g/mol. The van der Waals surface area contributed by atoms with E-state index in [4.69, 9.17) is 4.74 Å². The van der Waals surface area contributed by atoms with Crippen molar-refractivity contribution in [1.82, 2.24) is 20.3 Å². The van der Waals surface area contributed by atoms with Gasteiger partial charge in [0, 0.05) is 74.1 Å². The summed E-state index contributed by atoms with van der Waals surface area (Å²) in [4.78, 5) is 49.2. The number of H-pyrrole nitrogens is 3. The van der Waals surface area contributed by atoms with Crippen molar-refractivity contribution >= 4 is 47.6 Å². The minimum absolute atomic E-state index is 0.0521. The summed E-state index contributed by atoms with van der Waals surface area (Å²) in [5, 5.41) is 15.0. The fourth-order valence-corrected chi connectivity index (χ4v) is 6.99. The fourth-order valence-electron chi connectivity index (χ4n) is 6.99. The summed E-state index contributed by atoms with van der Waals surface area (Å²) >= 11 is 0. The number of nitrogens with one attached hydrogen (secondary N) is 4. The lowest BCUT2D eigenvalue weighted by molar-refractivity contribution is -0.142. The molecule has 3 aromatic rings. The van der Waals surface area contributed by atoms with Crippen molar-refractivity contribution in [2.45, 2.75) is 47.0 Å². The topological polar surface area (TPSA) is 140 Å². The predicted molar refractivity (Wildman–Crippen MR) is 165 cm³/mol. The molecule has 0 spiro atoms. The molecule has 9 nitrogen and oxygen atoms in total. The molecule has 3 aliphatic rings. The Balaban J connectivity index is 1.71. The van der Waals surface area contributed by atoms with Crippen molar-refractivity contribution in [2.24, 2.45) is 17.8 Å². The zero-order valence-corrected chi connectivity index (χ0v) is 25.0. The molecule has 9 heteroatoms. The number of aromatic nitrogens is 3. The molecule has 0 saturated carbocycles. The van der Waals surface area contributed by atoms with Gasteiger partial charge in [0.1, 0.15) is 5.92 Å². The van der Waals surface area contributed by atoms with Crippen molar-refractivity contribution in [3.05, 3.63) is 85.3 Å². The average Bonchev–Trinajstić information content (AvgIpc) is 3.73. The normalized spacial score (nSPS) is 24.8. The van der Waals surface area contributed by atoms with E-state index in [0.717, 1.165) is 62.2 Å². The molecule has 3 aromatic heterocycles. The van der Waals surface area contributed by atoms with Gasteiger partial charge in [0.2, 0.25) is 0 Å². The number of esters is 1. The van der Waals surface area contributed by atoms with Gasteiger partial charge < -0.3 is 30.1 Å². The largest absolute Gasteiger partial charge is 0.481 e.